The number of benzene rings is 1. The first-order valence-corrected chi connectivity index (χ1v) is 8.66. The van der Waals surface area contributed by atoms with E-state index in [-0.39, 0.29) is 12.0 Å². The normalized spacial score (nSPS) is 21.2. The van der Waals surface area contributed by atoms with Crippen molar-refractivity contribution < 1.29 is 9.90 Å². The Morgan fingerprint density at radius 3 is 2.71 bits per heavy atom. The lowest BCUT2D eigenvalue weighted by atomic mass is 9.93. The van der Waals surface area contributed by atoms with Gasteiger partial charge in [0.15, 0.2) is 5.96 Å². The number of rotatable bonds is 5. The zero-order valence-electron chi connectivity index (χ0n) is 14.5. The smallest absolute Gasteiger partial charge is 0.221 e. The molecule has 1 aliphatic carbocycles. The largest absolute Gasteiger partial charge is 0.393 e. The van der Waals surface area contributed by atoms with Crippen LogP contribution >= 0.6 is 0 Å². The molecule has 0 heterocycles. The van der Waals surface area contributed by atoms with Gasteiger partial charge in [0, 0.05) is 25.2 Å². The van der Waals surface area contributed by atoms with Gasteiger partial charge in [-0.2, -0.15) is 0 Å². The van der Waals surface area contributed by atoms with Crippen LogP contribution in [0, 0.1) is 0 Å². The van der Waals surface area contributed by atoms with Crippen molar-refractivity contribution in [3.05, 3.63) is 29.8 Å². The van der Waals surface area contributed by atoms with Gasteiger partial charge in [-0.1, -0.05) is 12.1 Å². The second-order valence-corrected chi connectivity index (χ2v) is 6.23. The molecular formula is C18H28N4O2. The number of nitrogens with one attached hydrogen (secondary N) is 3. The van der Waals surface area contributed by atoms with Gasteiger partial charge in [-0.15, -0.1) is 0 Å². The summed E-state index contributed by atoms with van der Waals surface area (Å²) in [6.07, 6.45) is 3.46. The number of carbonyl (C=O) groups excluding carboxylic acids is 1. The van der Waals surface area contributed by atoms with Crippen molar-refractivity contribution in [3.63, 3.8) is 0 Å². The van der Waals surface area contributed by atoms with Gasteiger partial charge < -0.3 is 21.1 Å². The molecule has 0 unspecified atom stereocenters. The lowest BCUT2D eigenvalue weighted by molar-refractivity contribution is -0.114. The monoisotopic (exact) mass is 332 g/mol. The van der Waals surface area contributed by atoms with Crippen LogP contribution < -0.4 is 16.0 Å². The van der Waals surface area contributed by atoms with Gasteiger partial charge in [0.1, 0.15) is 0 Å². The van der Waals surface area contributed by atoms with Crippen molar-refractivity contribution in [2.75, 3.05) is 11.9 Å². The van der Waals surface area contributed by atoms with Crippen molar-refractivity contribution in [2.45, 2.75) is 58.2 Å². The molecule has 1 aromatic rings. The molecule has 0 spiro atoms. The number of carbonyl (C=O) groups is 1. The predicted octanol–water partition coefficient (Wildman–Crippen LogP) is 2.00. The van der Waals surface area contributed by atoms with Crippen molar-refractivity contribution in [3.8, 4) is 0 Å². The Balaban J connectivity index is 1.96. The van der Waals surface area contributed by atoms with Gasteiger partial charge >= 0.3 is 0 Å². The Hall–Kier alpha value is -2.08. The predicted molar refractivity (Wildman–Crippen MR) is 97.0 cm³/mol. The number of hydrogen-bond acceptors (Lipinski definition) is 3. The summed E-state index contributed by atoms with van der Waals surface area (Å²) in [6, 6.07) is 8.07. The van der Waals surface area contributed by atoms with E-state index in [9.17, 15) is 9.90 Å². The number of aliphatic imine (C=N–C) groups is 1. The van der Waals surface area contributed by atoms with E-state index >= 15 is 0 Å². The third-order valence-corrected chi connectivity index (χ3v) is 4.05. The highest BCUT2D eigenvalue weighted by Gasteiger charge is 2.19. The van der Waals surface area contributed by atoms with Crippen LogP contribution in [0.2, 0.25) is 0 Å². The number of anilines is 1. The molecule has 0 saturated heterocycles. The summed E-state index contributed by atoms with van der Waals surface area (Å²) in [6.45, 7) is 4.88. The van der Waals surface area contributed by atoms with Gasteiger partial charge in [-0.05, 0) is 50.3 Å². The van der Waals surface area contributed by atoms with Crippen LogP contribution in [0.25, 0.3) is 0 Å². The zero-order valence-corrected chi connectivity index (χ0v) is 14.5. The van der Waals surface area contributed by atoms with E-state index in [1.807, 2.05) is 31.2 Å². The van der Waals surface area contributed by atoms with Gasteiger partial charge in [-0.3, -0.25) is 4.79 Å². The fourth-order valence-corrected chi connectivity index (χ4v) is 2.85. The molecule has 0 bridgehead atoms. The van der Waals surface area contributed by atoms with Crippen molar-refractivity contribution >= 4 is 17.6 Å². The van der Waals surface area contributed by atoms with Crippen LogP contribution in [0.5, 0.6) is 0 Å². The number of hydrogen-bond donors (Lipinski definition) is 4. The summed E-state index contributed by atoms with van der Waals surface area (Å²) >= 11 is 0. The Bertz CT molecular complexity index is 566. The Morgan fingerprint density at radius 1 is 1.29 bits per heavy atom. The summed E-state index contributed by atoms with van der Waals surface area (Å²) < 4.78 is 0. The summed E-state index contributed by atoms with van der Waals surface area (Å²) in [5.74, 6) is 0.717. The molecule has 0 atom stereocenters. The van der Waals surface area contributed by atoms with Crippen LogP contribution in [-0.4, -0.2) is 35.7 Å². The lowest BCUT2D eigenvalue weighted by Gasteiger charge is -2.27. The Labute approximate surface area is 143 Å². The second-order valence-electron chi connectivity index (χ2n) is 6.23. The van der Waals surface area contributed by atoms with Crippen LogP contribution in [0.15, 0.2) is 29.3 Å². The average Bonchev–Trinajstić information content (AvgIpc) is 2.55. The molecule has 1 amide bonds. The molecule has 1 fully saturated rings. The minimum absolute atomic E-state index is 0.0786. The molecule has 1 aromatic carbocycles. The van der Waals surface area contributed by atoms with E-state index in [1.54, 1.807) is 0 Å². The molecule has 6 nitrogen and oxygen atoms in total. The SMILES string of the molecule is CCNC(=NCc1cccc(NC(C)=O)c1)NC1CCC(O)CC1. The van der Waals surface area contributed by atoms with Gasteiger partial charge in [0.05, 0.1) is 12.6 Å². The quantitative estimate of drug-likeness (QED) is 0.491. The number of aliphatic hydroxyl groups excluding tert-OH is 1. The molecule has 1 saturated carbocycles. The highest BCUT2D eigenvalue weighted by Crippen LogP contribution is 2.18. The third-order valence-electron chi connectivity index (χ3n) is 4.05. The first-order valence-electron chi connectivity index (χ1n) is 8.66. The maximum atomic E-state index is 11.1. The van der Waals surface area contributed by atoms with E-state index in [1.165, 1.54) is 6.92 Å². The average molecular weight is 332 g/mol. The second kappa shape index (κ2) is 9.27. The molecule has 0 radical (unpaired) electrons. The van der Waals surface area contributed by atoms with Crippen molar-refractivity contribution in [1.29, 1.82) is 0 Å². The molecule has 1 aliphatic rings. The molecule has 6 heteroatoms. The summed E-state index contributed by atoms with van der Waals surface area (Å²) in [5, 5.41) is 19.1. The fourth-order valence-electron chi connectivity index (χ4n) is 2.85. The maximum absolute atomic E-state index is 11.1. The van der Waals surface area contributed by atoms with Gasteiger partial charge in [0.25, 0.3) is 0 Å². The summed E-state index contributed by atoms with van der Waals surface area (Å²) in [7, 11) is 0. The topological polar surface area (TPSA) is 85.8 Å². The zero-order chi connectivity index (χ0) is 17.4. The standard InChI is InChI=1S/C18H28N4O2/c1-3-19-18(22-15-7-9-17(24)10-8-15)20-12-14-5-4-6-16(11-14)21-13(2)23/h4-6,11,15,17,24H,3,7-10,12H2,1-2H3,(H,21,23)(H2,19,20,22). The highest BCUT2D eigenvalue weighted by molar-refractivity contribution is 5.88. The Morgan fingerprint density at radius 2 is 2.04 bits per heavy atom. The summed E-state index contributed by atoms with van der Waals surface area (Å²) in [4.78, 5) is 15.8. The number of aliphatic hydroxyl groups is 1. The number of amides is 1. The Kier molecular flexibility index (Phi) is 7.06. The first kappa shape index (κ1) is 18.3. The van der Waals surface area contributed by atoms with E-state index in [0.29, 0.717) is 12.6 Å². The molecular weight excluding hydrogens is 304 g/mol. The van der Waals surface area contributed by atoms with E-state index in [4.69, 9.17) is 0 Å². The maximum Gasteiger partial charge on any atom is 0.221 e. The van der Waals surface area contributed by atoms with Crippen LogP contribution in [0.4, 0.5) is 5.69 Å². The van der Waals surface area contributed by atoms with Gasteiger partial charge in [0.2, 0.25) is 5.91 Å². The number of nitrogens with zero attached hydrogens (tertiary/aromatic N) is 1. The molecule has 2 rings (SSSR count). The molecule has 132 valence electrons. The van der Waals surface area contributed by atoms with E-state index in [2.05, 4.69) is 20.9 Å². The van der Waals surface area contributed by atoms with Gasteiger partial charge in [-0.25, -0.2) is 4.99 Å². The van der Waals surface area contributed by atoms with Crippen molar-refractivity contribution in [2.24, 2.45) is 4.99 Å². The molecule has 0 aliphatic heterocycles. The minimum atomic E-state index is -0.154. The lowest BCUT2D eigenvalue weighted by Crippen LogP contribution is -2.45. The highest BCUT2D eigenvalue weighted by atomic mass is 16.3. The van der Waals surface area contributed by atoms with Crippen LogP contribution in [0.1, 0.15) is 45.1 Å². The third kappa shape index (κ3) is 6.20. The van der Waals surface area contributed by atoms with Crippen LogP contribution in [-0.2, 0) is 11.3 Å². The fraction of sp³-hybridized carbons (Fsp3) is 0.556. The first-order chi connectivity index (χ1) is 11.6. The van der Waals surface area contributed by atoms with E-state index in [0.717, 1.165) is 49.4 Å². The van der Waals surface area contributed by atoms with Crippen LogP contribution in [0.3, 0.4) is 0 Å². The molecule has 24 heavy (non-hydrogen) atoms. The minimum Gasteiger partial charge on any atom is -0.393 e. The number of guanidine groups is 1. The molecule has 0 aromatic heterocycles. The van der Waals surface area contributed by atoms with E-state index < -0.39 is 0 Å². The summed E-state index contributed by atoms with van der Waals surface area (Å²) in [5.41, 5.74) is 1.83. The van der Waals surface area contributed by atoms with Crippen molar-refractivity contribution in [1.82, 2.24) is 10.6 Å². The molecule has 4 N–H and O–H groups in total.